The molecule has 0 radical (unpaired) electrons. The molecule has 0 spiro atoms. The van der Waals surface area contributed by atoms with Crippen LogP contribution in [0, 0.1) is 0 Å². The van der Waals surface area contributed by atoms with Gasteiger partial charge in [0.2, 0.25) is 0 Å². The Hall–Kier alpha value is 3.40. The molecule has 0 rings (SSSR count). The third kappa shape index (κ3) is 26.2. The Morgan fingerprint density at radius 1 is 0.500 bits per heavy atom. The zero-order valence-corrected chi connectivity index (χ0v) is 10.4. The van der Waals surface area contributed by atoms with Gasteiger partial charge in [-0.15, -0.1) is 0 Å². The summed E-state index contributed by atoms with van der Waals surface area (Å²) in [7, 11) is 0. The van der Waals surface area contributed by atoms with Crippen LogP contribution in [-0.4, -0.2) is 0 Å². The third-order valence-corrected chi connectivity index (χ3v) is 0. The molecule has 0 aliphatic rings. The van der Waals surface area contributed by atoms with Gasteiger partial charge in [-0.3, -0.25) is 0 Å². The molecule has 0 aromatic carbocycles. The van der Waals surface area contributed by atoms with Crippen molar-refractivity contribution in [1.29, 1.82) is 0 Å². The molecule has 0 unspecified atom stereocenters. The Kier molecular flexibility index (Phi) is 380. The molecule has 0 saturated carbocycles. The van der Waals surface area contributed by atoms with Crippen LogP contribution in [0.5, 0.6) is 0 Å². The summed E-state index contributed by atoms with van der Waals surface area (Å²) in [5.74, 6) is 0. The minimum Gasteiger partial charge on any atom is -2.00 e. The molecule has 36 valence electrons. The van der Waals surface area contributed by atoms with E-state index >= 15 is 0 Å². The molecule has 0 N–H and O–H groups in total. The Morgan fingerprint density at radius 3 is 0.500 bits per heavy atom. The van der Waals surface area contributed by atoms with Gasteiger partial charge in [0.15, 0.2) is 0 Å². The Labute approximate surface area is 112 Å². The summed E-state index contributed by atoms with van der Waals surface area (Å²) >= 11 is 0. The molecule has 0 aliphatic carbocycles. The predicted octanol–water partition coefficient (Wildman–Crippen LogP) is -6.23. The van der Waals surface area contributed by atoms with Crippen molar-refractivity contribution in [2.45, 2.75) is 0 Å². The van der Waals surface area contributed by atoms with Gasteiger partial charge in [-0.05, 0) is 0 Å². The minimum atomic E-state index is 0. The van der Waals surface area contributed by atoms with Crippen LogP contribution >= 0.6 is 0 Å². The van der Waals surface area contributed by atoms with Crippen LogP contribution in [0.3, 0.4) is 0 Å². The van der Waals surface area contributed by atoms with Crippen molar-refractivity contribution in [2.24, 2.45) is 0 Å². The largest absolute Gasteiger partial charge is 2.00 e. The first-order valence-corrected chi connectivity index (χ1v) is 0. The van der Waals surface area contributed by atoms with E-state index in [2.05, 4.69) is 0 Å². The van der Waals surface area contributed by atoms with Gasteiger partial charge in [-0.2, -0.15) is 0 Å². The molecule has 0 saturated heterocycles. The smallest absolute Gasteiger partial charge is 1.00 e. The fourth-order valence-electron chi connectivity index (χ4n) is 0. The van der Waals surface area contributed by atoms with E-state index in [1.165, 1.54) is 0 Å². The van der Waals surface area contributed by atoms with Gasteiger partial charge in [-0.1, -0.05) is 0 Å². The molecular weight excluding hydrogens is 294 g/mol. The molecule has 0 atom stereocenters. The molecule has 0 aliphatic heterocycles. The number of hydrogen-bond donors (Lipinski definition) is 0. The first-order chi connectivity index (χ1) is 0. The molecule has 2 nitrogen and oxygen atoms in total. The maximum Gasteiger partial charge on any atom is 1.00 e. The van der Waals surface area contributed by atoms with E-state index in [1.54, 1.807) is 0 Å². The maximum atomic E-state index is 0. The summed E-state index contributed by atoms with van der Waals surface area (Å²) in [4.78, 5) is 0. The number of rotatable bonds is 0. The summed E-state index contributed by atoms with van der Waals surface area (Å²) in [5, 5.41) is 0. The van der Waals surface area contributed by atoms with Gasteiger partial charge in [-0.25, -0.2) is 0 Å². The second-order valence-electron chi connectivity index (χ2n) is 0. The molecule has 0 heterocycles. The minimum absolute atomic E-state index is 0. The summed E-state index contributed by atoms with van der Waals surface area (Å²) in [5.41, 5.74) is 0. The molecule has 0 bridgehead atoms. The van der Waals surface area contributed by atoms with Crippen molar-refractivity contribution in [2.75, 3.05) is 0 Å². The van der Waals surface area contributed by atoms with Crippen molar-refractivity contribution in [3.8, 4) is 0 Å². The summed E-state index contributed by atoms with van der Waals surface area (Å²) in [6.45, 7) is 0. The van der Waals surface area contributed by atoms with Crippen molar-refractivity contribution in [1.82, 2.24) is 0 Å². The van der Waals surface area contributed by atoms with Crippen molar-refractivity contribution in [3.63, 3.8) is 0 Å². The second-order valence-corrected chi connectivity index (χ2v) is 0. The molecular formula is Ag2Na2O2. The van der Waals surface area contributed by atoms with E-state index in [0.29, 0.717) is 0 Å². The zero-order chi connectivity index (χ0) is 0. The summed E-state index contributed by atoms with van der Waals surface area (Å²) < 4.78 is 0. The van der Waals surface area contributed by atoms with Crippen LogP contribution in [-0.2, 0) is 55.7 Å². The van der Waals surface area contributed by atoms with Gasteiger partial charge < -0.3 is 11.0 Å². The van der Waals surface area contributed by atoms with Gasteiger partial charge >= 0.3 is 104 Å². The molecule has 6 heteroatoms. The van der Waals surface area contributed by atoms with E-state index in [9.17, 15) is 0 Å². The van der Waals surface area contributed by atoms with Crippen LogP contribution in [0.2, 0.25) is 0 Å². The predicted molar refractivity (Wildman–Crippen MR) is 1.37 cm³/mol. The number of hydrogen-bond acceptors (Lipinski definition) is 0. The zero-order valence-electron chi connectivity index (χ0n) is 3.42. The SMILES string of the molecule is [Ag+].[Ag+].[Na+].[Na+].[O-2].[O-2]. The maximum absolute atomic E-state index is 0. The van der Waals surface area contributed by atoms with E-state index < -0.39 is 0 Å². The van der Waals surface area contributed by atoms with Crippen molar-refractivity contribution >= 4 is 0 Å². The first-order valence-electron chi connectivity index (χ1n) is 0. The van der Waals surface area contributed by atoms with Gasteiger partial charge in [0.1, 0.15) is 0 Å². The standard InChI is InChI=1S/2Ag.2Na.2O/q4*+1;2*-2. The normalized spacial score (nSPS) is 0. The van der Waals surface area contributed by atoms with Gasteiger partial charge in [0, 0.05) is 0 Å². The summed E-state index contributed by atoms with van der Waals surface area (Å²) in [6.07, 6.45) is 0. The van der Waals surface area contributed by atoms with Crippen molar-refractivity contribution in [3.05, 3.63) is 0 Å². The van der Waals surface area contributed by atoms with Crippen LogP contribution in [0.15, 0.2) is 0 Å². The Morgan fingerprint density at radius 2 is 0.500 bits per heavy atom. The first kappa shape index (κ1) is 57.4. The Balaban J connectivity index is 0. The quantitative estimate of drug-likeness (QED) is 0.399. The van der Waals surface area contributed by atoms with Crippen molar-refractivity contribution < 1.29 is 115 Å². The second kappa shape index (κ2) is 39.8. The van der Waals surface area contributed by atoms with Crippen LogP contribution in [0.4, 0.5) is 0 Å². The average Bonchev–Trinajstić information content (AvgIpc) is 0. The van der Waals surface area contributed by atoms with Gasteiger partial charge in [0.25, 0.3) is 0 Å². The fraction of sp³-hybridized carbons (Fsp3) is 0. The summed E-state index contributed by atoms with van der Waals surface area (Å²) in [6, 6.07) is 0. The molecule has 0 aromatic heterocycles. The fourth-order valence-corrected chi connectivity index (χ4v) is 0. The van der Waals surface area contributed by atoms with Gasteiger partial charge in [0.05, 0.1) is 0 Å². The molecule has 0 amide bonds. The van der Waals surface area contributed by atoms with E-state index in [1.807, 2.05) is 0 Å². The monoisotopic (exact) mass is 292 g/mol. The molecule has 6 heavy (non-hydrogen) atoms. The molecule has 0 fully saturated rings. The Bertz CT molecular complexity index is 9.51. The van der Waals surface area contributed by atoms with E-state index in [4.69, 9.17) is 0 Å². The topological polar surface area (TPSA) is 57.0 Å². The van der Waals surface area contributed by atoms with Crippen LogP contribution in [0.1, 0.15) is 0 Å². The van der Waals surface area contributed by atoms with Crippen LogP contribution < -0.4 is 59.1 Å². The van der Waals surface area contributed by atoms with E-state index in [0.717, 1.165) is 0 Å². The average molecular weight is 294 g/mol. The molecule has 0 aromatic rings. The van der Waals surface area contributed by atoms with E-state index in [-0.39, 0.29) is 115 Å². The van der Waals surface area contributed by atoms with Crippen LogP contribution in [0.25, 0.3) is 0 Å². The third-order valence-electron chi connectivity index (χ3n) is 0.